The molecule has 3 rings (SSSR count). The minimum Gasteiger partial charge on any atom is -0.416 e. The molecule has 0 aliphatic carbocycles. The zero-order chi connectivity index (χ0) is 22.9. The van der Waals surface area contributed by atoms with Crippen molar-refractivity contribution in [1.82, 2.24) is 0 Å². The van der Waals surface area contributed by atoms with Gasteiger partial charge in [-0.3, -0.25) is 4.79 Å². The number of para-hydroxylation sites is 1. The molecule has 0 bridgehead atoms. The molecule has 0 unspecified atom stereocenters. The molecule has 2 aromatic carbocycles. The first-order chi connectivity index (χ1) is 14.6. The normalized spacial score (nSPS) is 20.3. The molecule has 0 saturated heterocycles. The average molecular weight is 433 g/mol. The SMILES string of the molecule is C=C[C@](CO[Si](C)(C)C(C)(C)C)(c1ccccc1)[C@]1(CC#N)C(=O)Nc2ccccc21. The second-order valence-corrected chi connectivity index (χ2v) is 14.6. The Hall–Kier alpha value is -2.68. The third kappa shape index (κ3) is 3.54. The average Bonchev–Trinajstić information content (AvgIpc) is 3.02. The lowest BCUT2D eigenvalue weighted by Gasteiger charge is -2.47. The van der Waals surface area contributed by atoms with E-state index in [1.54, 1.807) is 0 Å². The molecule has 2 aromatic rings. The van der Waals surface area contributed by atoms with E-state index in [2.05, 4.69) is 51.8 Å². The summed E-state index contributed by atoms with van der Waals surface area (Å²) in [7, 11) is -2.15. The molecule has 31 heavy (non-hydrogen) atoms. The molecule has 0 spiro atoms. The molecule has 5 heteroatoms. The molecule has 1 N–H and O–H groups in total. The second kappa shape index (κ2) is 8.10. The highest BCUT2D eigenvalue weighted by molar-refractivity contribution is 6.74. The van der Waals surface area contributed by atoms with Crippen LogP contribution in [0.15, 0.2) is 67.3 Å². The Labute approximate surface area is 187 Å². The molecule has 0 aromatic heterocycles. The number of anilines is 1. The summed E-state index contributed by atoms with van der Waals surface area (Å²) in [6.45, 7) is 15.5. The molecule has 0 saturated carbocycles. The number of fused-ring (bicyclic) bond motifs is 1. The lowest BCUT2D eigenvalue weighted by molar-refractivity contribution is -0.123. The molecule has 0 radical (unpaired) electrons. The van der Waals surface area contributed by atoms with Crippen LogP contribution in [0.2, 0.25) is 18.1 Å². The maximum absolute atomic E-state index is 13.7. The molecule has 0 fully saturated rings. The van der Waals surface area contributed by atoms with Crippen molar-refractivity contribution in [3.63, 3.8) is 0 Å². The van der Waals surface area contributed by atoms with Gasteiger partial charge in [0.2, 0.25) is 5.91 Å². The highest BCUT2D eigenvalue weighted by Gasteiger charge is 2.61. The van der Waals surface area contributed by atoms with Crippen molar-refractivity contribution >= 4 is 19.9 Å². The van der Waals surface area contributed by atoms with Crippen molar-refractivity contribution in [1.29, 1.82) is 5.26 Å². The number of rotatable bonds is 7. The third-order valence-electron chi connectivity index (χ3n) is 7.23. The summed E-state index contributed by atoms with van der Waals surface area (Å²) >= 11 is 0. The first kappa shape index (κ1) is 23.0. The number of hydrogen-bond acceptors (Lipinski definition) is 3. The minimum absolute atomic E-state index is 0.00876. The van der Waals surface area contributed by atoms with Gasteiger partial charge in [-0.1, -0.05) is 75.4 Å². The van der Waals surface area contributed by atoms with E-state index in [0.717, 1.165) is 16.8 Å². The van der Waals surface area contributed by atoms with Crippen molar-refractivity contribution < 1.29 is 9.22 Å². The number of nitrogens with one attached hydrogen (secondary N) is 1. The molecule has 2 atom stereocenters. The van der Waals surface area contributed by atoms with Gasteiger partial charge in [0.15, 0.2) is 8.32 Å². The topological polar surface area (TPSA) is 62.1 Å². The zero-order valence-electron chi connectivity index (χ0n) is 19.2. The third-order valence-corrected chi connectivity index (χ3v) is 11.7. The van der Waals surface area contributed by atoms with Crippen LogP contribution in [0.1, 0.15) is 38.3 Å². The smallest absolute Gasteiger partial charge is 0.237 e. The fourth-order valence-corrected chi connectivity index (χ4v) is 5.28. The summed E-state index contributed by atoms with van der Waals surface area (Å²) < 4.78 is 6.73. The van der Waals surface area contributed by atoms with Crippen LogP contribution in [0.4, 0.5) is 5.69 Å². The highest BCUT2D eigenvalue weighted by Crippen LogP contribution is 2.54. The molecule has 1 aliphatic heterocycles. The maximum atomic E-state index is 13.7. The molecule has 162 valence electrons. The van der Waals surface area contributed by atoms with E-state index >= 15 is 0 Å². The Kier molecular flexibility index (Phi) is 6.01. The number of hydrogen-bond donors (Lipinski definition) is 1. The molecule has 1 aliphatic rings. The van der Waals surface area contributed by atoms with Crippen LogP contribution in [-0.2, 0) is 20.1 Å². The monoisotopic (exact) mass is 432 g/mol. The van der Waals surface area contributed by atoms with Gasteiger partial charge in [-0.15, -0.1) is 6.58 Å². The van der Waals surface area contributed by atoms with Crippen molar-refractivity contribution in [2.45, 2.75) is 56.2 Å². The number of amides is 1. The molecular weight excluding hydrogens is 400 g/mol. The van der Waals surface area contributed by atoms with E-state index in [-0.39, 0.29) is 24.0 Å². The van der Waals surface area contributed by atoms with Crippen LogP contribution in [0.3, 0.4) is 0 Å². The van der Waals surface area contributed by atoms with Crippen molar-refractivity contribution in [3.8, 4) is 6.07 Å². The molecular formula is C26H32N2O2Si. The standard InChI is InChI=1S/C26H32N2O2Si/c1-7-25(20-13-9-8-10-14-20,19-30-31(5,6)24(2,3)4)26(17-18-27)21-15-11-12-16-22(21)28-23(26)29/h7-16H,1,17,19H2,2-6H3,(H,28,29)/t25-,26-/m0/s1. The minimum atomic E-state index is -2.15. The first-order valence-corrected chi connectivity index (χ1v) is 13.6. The van der Waals surface area contributed by atoms with E-state index in [9.17, 15) is 10.1 Å². The fourth-order valence-electron chi connectivity index (χ4n) is 4.26. The summed E-state index contributed by atoms with van der Waals surface area (Å²) in [6, 6.07) is 19.8. The predicted molar refractivity (Wildman–Crippen MR) is 128 cm³/mol. The van der Waals surface area contributed by atoms with E-state index < -0.39 is 19.1 Å². The number of nitriles is 1. The number of carbonyl (C=O) groups is 1. The van der Waals surface area contributed by atoms with E-state index in [1.165, 1.54) is 0 Å². The summed E-state index contributed by atoms with van der Waals surface area (Å²) in [4.78, 5) is 13.7. The van der Waals surface area contributed by atoms with Gasteiger partial charge in [0.25, 0.3) is 0 Å². The van der Waals surface area contributed by atoms with Gasteiger partial charge >= 0.3 is 0 Å². The number of nitrogens with zero attached hydrogens (tertiary/aromatic N) is 1. The summed E-state index contributed by atoms with van der Waals surface area (Å²) in [6.07, 6.45) is 1.85. The quantitative estimate of drug-likeness (QED) is 0.435. The Morgan fingerprint density at radius 3 is 2.32 bits per heavy atom. The molecule has 1 amide bonds. The zero-order valence-corrected chi connectivity index (χ0v) is 20.2. The second-order valence-electron chi connectivity index (χ2n) is 9.83. The maximum Gasteiger partial charge on any atom is 0.237 e. The van der Waals surface area contributed by atoms with Crippen LogP contribution < -0.4 is 5.32 Å². The highest BCUT2D eigenvalue weighted by atomic mass is 28.4. The van der Waals surface area contributed by atoms with Crippen molar-refractivity contribution in [2.24, 2.45) is 0 Å². The molecule has 4 nitrogen and oxygen atoms in total. The van der Waals surface area contributed by atoms with Crippen LogP contribution in [-0.4, -0.2) is 20.8 Å². The Morgan fingerprint density at radius 2 is 1.74 bits per heavy atom. The van der Waals surface area contributed by atoms with Gasteiger partial charge in [0.05, 0.1) is 17.9 Å². The largest absolute Gasteiger partial charge is 0.416 e. The number of benzene rings is 2. The van der Waals surface area contributed by atoms with Crippen LogP contribution in [0.25, 0.3) is 0 Å². The Balaban J connectivity index is 2.29. The van der Waals surface area contributed by atoms with Gasteiger partial charge in [-0.05, 0) is 35.3 Å². The van der Waals surface area contributed by atoms with Crippen LogP contribution in [0.5, 0.6) is 0 Å². The molecule has 1 heterocycles. The Morgan fingerprint density at radius 1 is 1.13 bits per heavy atom. The van der Waals surface area contributed by atoms with E-state index in [0.29, 0.717) is 0 Å². The van der Waals surface area contributed by atoms with Gasteiger partial charge in [-0.2, -0.15) is 5.26 Å². The van der Waals surface area contributed by atoms with Gasteiger partial charge in [0.1, 0.15) is 5.41 Å². The van der Waals surface area contributed by atoms with Crippen LogP contribution >= 0.6 is 0 Å². The Bertz CT molecular complexity index is 1020. The summed E-state index contributed by atoms with van der Waals surface area (Å²) in [5.41, 5.74) is 0.451. The van der Waals surface area contributed by atoms with Gasteiger partial charge in [-0.25, -0.2) is 0 Å². The summed E-state index contributed by atoms with van der Waals surface area (Å²) in [5, 5.41) is 12.9. The van der Waals surface area contributed by atoms with E-state index in [1.807, 2.05) is 60.7 Å². The van der Waals surface area contributed by atoms with Crippen LogP contribution in [0, 0.1) is 11.3 Å². The lowest BCUT2D eigenvalue weighted by Crippen LogP contribution is -2.57. The lowest BCUT2D eigenvalue weighted by atomic mass is 9.56. The van der Waals surface area contributed by atoms with Gasteiger partial charge in [0, 0.05) is 12.3 Å². The van der Waals surface area contributed by atoms with Crippen molar-refractivity contribution in [3.05, 3.63) is 78.4 Å². The van der Waals surface area contributed by atoms with Gasteiger partial charge < -0.3 is 9.74 Å². The number of carbonyl (C=O) groups excluding carboxylic acids is 1. The first-order valence-electron chi connectivity index (χ1n) is 10.7. The van der Waals surface area contributed by atoms with E-state index in [4.69, 9.17) is 4.43 Å². The summed E-state index contributed by atoms with van der Waals surface area (Å²) in [5.74, 6) is -0.183. The predicted octanol–water partition coefficient (Wildman–Crippen LogP) is 5.94. The fraction of sp³-hybridized carbons (Fsp3) is 0.385. The van der Waals surface area contributed by atoms with Crippen molar-refractivity contribution in [2.75, 3.05) is 11.9 Å².